The summed E-state index contributed by atoms with van der Waals surface area (Å²) < 4.78 is 34.2. The van der Waals surface area contributed by atoms with Crippen LogP contribution in [0.1, 0.15) is 34.3 Å². The van der Waals surface area contributed by atoms with Crippen molar-refractivity contribution >= 4 is 16.0 Å². The quantitative estimate of drug-likeness (QED) is 0.750. The van der Waals surface area contributed by atoms with Crippen molar-refractivity contribution in [2.45, 2.75) is 43.2 Å². The minimum absolute atomic E-state index is 0.259. The molecule has 1 aliphatic heterocycles. The minimum atomic E-state index is -4.08. The lowest BCUT2D eigenvalue weighted by molar-refractivity contribution is 0.0692. The van der Waals surface area contributed by atoms with Crippen molar-refractivity contribution in [1.29, 1.82) is 0 Å². The molecule has 2 atom stereocenters. The van der Waals surface area contributed by atoms with Gasteiger partial charge in [-0.15, -0.1) is 0 Å². The molecule has 1 fully saturated rings. The zero-order valence-electron chi connectivity index (χ0n) is 15.0. The van der Waals surface area contributed by atoms with Crippen molar-refractivity contribution in [3.8, 4) is 0 Å². The van der Waals surface area contributed by atoms with Crippen molar-refractivity contribution in [1.82, 2.24) is 9.71 Å². The molecule has 2 N–H and O–H groups in total. The number of nitrogens with one attached hydrogen (secondary N) is 1. The van der Waals surface area contributed by atoms with Gasteiger partial charge in [0.15, 0.2) is 0 Å². The fourth-order valence-electron chi connectivity index (χ4n) is 3.30. The number of nitrogens with zero attached hydrogens (tertiary/aromatic N) is 1. The van der Waals surface area contributed by atoms with E-state index in [9.17, 15) is 18.3 Å². The molecule has 0 saturated carbocycles. The van der Waals surface area contributed by atoms with E-state index in [4.69, 9.17) is 4.74 Å². The Bertz CT molecular complexity index is 923. The maximum atomic E-state index is 12.9. The molecule has 1 aromatic heterocycles. The molecule has 1 aromatic carbocycles. The van der Waals surface area contributed by atoms with Crippen LogP contribution in [0.5, 0.6) is 0 Å². The van der Waals surface area contributed by atoms with Gasteiger partial charge >= 0.3 is 5.97 Å². The summed E-state index contributed by atoms with van der Waals surface area (Å²) in [5.74, 6) is -1.31. The Hall–Kier alpha value is -2.29. The van der Waals surface area contributed by atoms with Gasteiger partial charge in [-0.1, -0.05) is 29.8 Å². The van der Waals surface area contributed by atoms with Crippen LogP contribution in [-0.2, 0) is 21.2 Å². The predicted molar refractivity (Wildman–Crippen MR) is 99.2 cm³/mol. The summed E-state index contributed by atoms with van der Waals surface area (Å²) in [4.78, 5) is 14.8. The number of hydrogen-bond donors (Lipinski definition) is 2. The maximum Gasteiger partial charge on any atom is 0.337 e. The third kappa shape index (κ3) is 4.71. The van der Waals surface area contributed by atoms with Crippen molar-refractivity contribution in [3.05, 3.63) is 59.4 Å². The molecule has 2 unspecified atom stereocenters. The zero-order valence-corrected chi connectivity index (χ0v) is 15.8. The number of pyridine rings is 1. The number of aromatic carboxylic acids is 1. The second-order valence-corrected chi connectivity index (χ2v) is 8.33. The number of carbonyl (C=O) groups is 1. The average molecular weight is 390 g/mol. The summed E-state index contributed by atoms with van der Waals surface area (Å²) in [5.41, 5.74) is 1.77. The summed E-state index contributed by atoms with van der Waals surface area (Å²) >= 11 is 0. The normalized spacial score (nSPS) is 18.3. The number of hydrogen-bond acceptors (Lipinski definition) is 5. The van der Waals surface area contributed by atoms with E-state index in [0.717, 1.165) is 30.2 Å². The first kappa shape index (κ1) is 19.5. The summed E-state index contributed by atoms with van der Waals surface area (Å²) in [6, 6.07) is 8.53. The Morgan fingerprint density at radius 2 is 2.22 bits per heavy atom. The number of benzene rings is 1. The van der Waals surface area contributed by atoms with Crippen LogP contribution in [0, 0.1) is 6.92 Å². The minimum Gasteiger partial charge on any atom is -0.478 e. The molecule has 8 heteroatoms. The number of rotatable bonds is 7. The first-order valence-electron chi connectivity index (χ1n) is 8.73. The Balaban J connectivity index is 1.90. The van der Waals surface area contributed by atoms with Gasteiger partial charge < -0.3 is 9.84 Å². The standard InChI is InChI=1S/C19H22N2O5S/c1-13-4-2-5-14(10-13)11-16(17-6-3-9-26-17)21-27(24,25)18-12-20-8-7-15(18)19(22)23/h2,4-5,7-8,10,12,16-17,21H,3,6,9,11H2,1H3,(H,22,23). The Morgan fingerprint density at radius 1 is 1.41 bits per heavy atom. The van der Waals surface area contributed by atoms with Crippen molar-refractivity contribution in [2.24, 2.45) is 0 Å². The first-order valence-corrected chi connectivity index (χ1v) is 10.2. The van der Waals surface area contributed by atoms with E-state index < -0.39 is 22.0 Å². The highest BCUT2D eigenvalue weighted by atomic mass is 32.2. The predicted octanol–water partition coefficient (Wildman–Crippen LogP) is 2.16. The summed E-state index contributed by atoms with van der Waals surface area (Å²) in [7, 11) is -4.08. The highest BCUT2D eigenvalue weighted by Gasteiger charge is 2.32. The number of carboxylic acids is 1. The fourth-order valence-corrected chi connectivity index (χ4v) is 4.70. The Labute approximate surface area is 158 Å². The van der Waals surface area contributed by atoms with Gasteiger partial charge in [-0.25, -0.2) is 17.9 Å². The monoisotopic (exact) mass is 390 g/mol. The molecular weight excluding hydrogens is 368 g/mol. The average Bonchev–Trinajstić information content (AvgIpc) is 3.16. The van der Waals surface area contributed by atoms with Crippen LogP contribution in [0.25, 0.3) is 0 Å². The number of sulfonamides is 1. The maximum absolute atomic E-state index is 12.9. The molecule has 2 aromatic rings. The summed E-state index contributed by atoms with van der Waals surface area (Å²) in [6.07, 6.45) is 4.12. The number of aryl methyl sites for hydroxylation is 1. The van der Waals surface area contributed by atoms with Crippen LogP contribution in [0.15, 0.2) is 47.6 Å². The zero-order chi connectivity index (χ0) is 19.4. The van der Waals surface area contributed by atoms with E-state index in [0.29, 0.717) is 13.0 Å². The second-order valence-electron chi connectivity index (χ2n) is 6.65. The SMILES string of the molecule is Cc1cccc(CC(NS(=O)(=O)c2cnccc2C(=O)O)C2CCCO2)c1. The van der Waals surface area contributed by atoms with Crippen molar-refractivity contribution in [3.63, 3.8) is 0 Å². The third-order valence-electron chi connectivity index (χ3n) is 4.56. The van der Waals surface area contributed by atoms with E-state index >= 15 is 0 Å². The molecule has 1 aliphatic rings. The van der Waals surface area contributed by atoms with Crippen LogP contribution in [-0.4, -0.2) is 43.2 Å². The smallest absolute Gasteiger partial charge is 0.337 e. The van der Waals surface area contributed by atoms with E-state index in [1.807, 2.05) is 31.2 Å². The van der Waals surface area contributed by atoms with Gasteiger partial charge in [0, 0.05) is 19.0 Å². The molecule has 3 rings (SSSR count). The van der Waals surface area contributed by atoms with Gasteiger partial charge in [0.25, 0.3) is 0 Å². The molecule has 0 bridgehead atoms. The van der Waals surface area contributed by atoms with E-state index in [1.54, 1.807) is 0 Å². The van der Waals surface area contributed by atoms with E-state index in [-0.39, 0.29) is 16.6 Å². The van der Waals surface area contributed by atoms with E-state index in [2.05, 4.69) is 9.71 Å². The second kappa shape index (κ2) is 8.16. The van der Waals surface area contributed by atoms with Gasteiger partial charge in [-0.2, -0.15) is 0 Å². The molecule has 7 nitrogen and oxygen atoms in total. The highest BCUT2D eigenvalue weighted by molar-refractivity contribution is 7.89. The van der Waals surface area contributed by atoms with E-state index in [1.165, 1.54) is 12.3 Å². The number of aromatic nitrogens is 1. The first-order chi connectivity index (χ1) is 12.9. The summed E-state index contributed by atoms with van der Waals surface area (Å²) in [6.45, 7) is 2.56. The van der Waals surface area contributed by atoms with Crippen LogP contribution in [0.4, 0.5) is 0 Å². The topological polar surface area (TPSA) is 106 Å². The molecule has 144 valence electrons. The molecule has 2 heterocycles. The molecule has 1 saturated heterocycles. The van der Waals surface area contributed by atoms with Gasteiger partial charge in [0.05, 0.1) is 17.7 Å². The molecule has 0 amide bonds. The van der Waals surface area contributed by atoms with Crippen molar-refractivity contribution < 1.29 is 23.1 Å². The molecular formula is C19H22N2O5S. The molecule has 0 radical (unpaired) electrons. The van der Waals surface area contributed by atoms with Crippen molar-refractivity contribution in [2.75, 3.05) is 6.61 Å². The fraction of sp³-hybridized carbons (Fsp3) is 0.368. The van der Waals surface area contributed by atoms with Gasteiger partial charge in [0.2, 0.25) is 10.0 Å². The van der Waals surface area contributed by atoms with Crippen LogP contribution in [0.3, 0.4) is 0 Å². The lowest BCUT2D eigenvalue weighted by atomic mass is 9.99. The molecule has 27 heavy (non-hydrogen) atoms. The Kier molecular flexibility index (Phi) is 5.88. The lowest BCUT2D eigenvalue weighted by Gasteiger charge is -2.24. The van der Waals surface area contributed by atoms with Crippen LogP contribution < -0.4 is 4.72 Å². The van der Waals surface area contributed by atoms with Gasteiger partial charge in [-0.05, 0) is 37.8 Å². The lowest BCUT2D eigenvalue weighted by Crippen LogP contribution is -2.44. The largest absolute Gasteiger partial charge is 0.478 e. The molecule has 0 aliphatic carbocycles. The van der Waals surface area contributed by atoms with Crippen LogP contribution >= 0.6 is 0 Å². The number of carboxylic acid groups (broad SMARTS) is 1. The highest BCUT2D eigenvalue weighted by Crippen LogP contribution is 2.22. The summed E-state index contributed by atoms with van der Waals surface area (Å²) in [5, 5.41) is 9.30. The van der Waals surface area contributed by atoms with Gasteiger partial charge in [0.1, 0.15) is 4.90 Å². The molecule has 0 spiro atoms. The number of ether oxygens (including phenoxy) is 1. The Morgan fingerprint density at radius 3 is 2.89 bits per heavy atom. The van der Waals surface area contributed by atoms with Crippen LogP contribution in [0.2, 0.25) is 0 Å². The third-order valence-corrected chi connectivity index (χ3v) is 6.08. The van der Waals surface area contributed by atoms with Gasteiger partial charge in [-0.3, -0.25) is 4.98 Å².